The Kier molecular flexibility index (Phi) is 7.18. The van der Waals surface area contributed by atoms with Gasteiger partial charge in [-0.15, -0.1) is 10.2 Å². The van der Waals surface area contributed by atoms with Crippen LogP contribution < -0.4 is 10.1 Å². The normalized spacial score (nSPS) is 10.7. The Labute approximate surface area is 198 Å². The van der Waals surface area contributed by atoms with E-state index in [0.29, 0.717) is 17.6 Å². The lowest BCUT2D eigenvalue weighted by molar-refractivity contribution is -0.113. The highest BCUT2D eigenvalue weighted by atomic mass is 79.9. The minimum atomic E-state index is -0.133. The summed E-state index contributed by atoms with van der Waals surface area (Å²) < 4.78 is 8.30. The monoisotopic (exact) mass is 509 g/mol. The molecule has 9 heteroatoms. The van der Waals surface area contributed by atoms with Gasteiger partial charge in [0.05, 0.1) is 18.0 Å². The van der Waals surface area contributed by atoms with E-state index in [-0.39, 0.29) is 11.7 Å². The van der Waals surface area contributed by atoms with Gasteiger partial charge in [-0.25, -0.2) is 0 Å². The molecule has 0 radical (unpaired) electrons. The predicted molar refractivity (Wildman–Crippen MR) is 129 cm³/mol. The highest BCUT2D eigenvalue weighted by Crippen LogP contribution is 2.29. The van der Waals surface area contributed by atoms with Crippen molar-refractivity contribution in [1.82, 2.24) is 19.7 Å². The van der Waals surface area contributed by atoms with Crippen LogP contribution in [0.25, 0.3) is 17.1 Å². The van der Waals surface area contributed by atoms with Crippen molar-refractivity contribution in [2.75, 3.05) is 17.7 Å². The van der Waals surface area contributed by atoms with Crippen molar-refractivity contribution in [2.45, 2.75) is 12.1 Å². The van der Waals surface area contributed by atoms with Gasteiger partial charge < -0.3 is 10.1 Å². The molecule has 0 unspecified atom stereocenters. The second-order valence-electron chi connectivity index (χ2n) is 6.63. The number of carbonyl (C=O) groups is 1. The molecule has 0 atom stereocenters. The van der Waals surface area contributed by atoms with Gasteiger partial charge in [0.15, 0.2) is 11.0 Å². The molecule has 4 aromatic rings. The molecular weight excluding hydrogens is 490 g/mol. The van der Waals surface area contributed by atoms with Crippen LogP contribution in [-0.4, -0.2) is 38.0 Å². The Hall–Kier alpha value is -3.17. The van der Waals surface area contributed by atoms with Crippen molar-refractivity contribution >= 4 is 39.3 Å². The zero-order chi connectivity index (χ0) is 22.3. The van der Waals surface area contributed by atoms with Gasteiger partial charge in [0.1, 0.15) is 5.75 Å². The molecule has 0 aliphatic rings. The number of hydrogen-bond acceptors (Lipinski definition) is 6. The number of para-hydroxylation sites is 1. The summed E-state index contributed by atoms with van der Waals surface area (Å²) in [4.78, 5) is 16.7. The van der Waals surface area contributed by atoms with Gasteiger partial charge in [0.25, 0.3) is 0 Å². The summed E-state index contributed by atoms with van der Waals surface area (Å²) >= 11 is 4.76. The Balaban J connectivity index is 1.60. The molecule has 0 aliphatic carbocycles. The van der Waals surface area contributed by atoms with Crippen LogP contribution in [-0.2, 0) is 4.79 Å². The van der Waals surface area contributed by atoms with Crippen LogP contribution in [0.3, 0.4) is 0 Å². The third-order valence-electron chi connectivity index (χ3n) is 4.44. The van der Waals surface area contributed by atoms with Gasteiger partial charge in [-0.1, -0.05) is 23.9 Å². The average molecular weight is 510 g/mol. The lowest BCUT2D eigenvalue weighted by atomic mass is 10.2. The molecule has 32 heavy (non-hydrogen) atoms. The number of amides is 1. The first-order chi connectivity index (χ1) is 15.7. The smallest absolute Gasteiger partial charge is 0.234 e. The topological polar surface area (TPSA) is 81.9 Å². The third kappa shape index (κ3) is 5.17. The molecule has 2 aromatic heterocycles. The number of halogens is 1. The van der Waals surface area contributed by atoms with Gasteiger partial charge in [0, 0.05) is 28.1 Å². The Morgan fingerprint density at radius 3 is 2.62 bits per heavy atom. The zero-order valence-corrected chi connectivity index (χ0v) is 19.6. The van der Waals surface area contributed by atoms with Crippen LogP contribution >= 0.6 is 27.7 Å². The van der Waals surface area contributed by atoms with Crippen LogP contribution in [0, 0.1) is 0 Å². The van der Waals surface area contributed by atoms with E-state index in [2.05, 4.69) is 36.4 Å². The van der Waals surface area contributed by atoms with Crippen LogP contribution in [0.2, 0.25) is 0 Å². The Bertz CT molecular complexity index is 1200. The zero-order valence-electron chi connectivity index (χ0n) is 17.2. The molecule has 0 fully saturated rings. The van der Waals surface area contributed by atoms with Gasteiger partial charge >= 0.3 is 0 Å². The fraction of sp³-hybridized carbons (Fsp3) is 0.130. The summed E-state index contributed by atoms with van der Waals surface area (Å²) in [7, 11) is 0. The van der Waals surface area contributed by atoms with Crippen molar-refractivity contribution < 1.29 is 9.53 Å². The number of anilines is 1. The first kappa shape index (κ1) is 22.0. The number of benzene rings is 2. The van der Waals surface area contributed by atoms with E-state index in [1.807, 2.05) is 72.2 Å². The Morgan fingerprint density at radius 1 is 1.09 bits per heavy atom. The highest BCUT2D eigenvalue weighted by molar-refractivity contribution is 9.10. The second kappa shape index (κ2) is 10.4. The molecule has 2 aromatic carbocycles. The molecule has 0 aliphatic heterocycles. The lowest BCUT2D eigenvalue weighted by Crippen LogP contribution is -2.15. The predicted octanol–water partition coefficient (Wildman–Crippen LogP) is 5.22. The quantitative estimate of drug-likeness (QED) is 0.328. The van der Waals surface area contributed by atoms with E-state index in [4.69, 9.17) is 4.74 Å². The summed E-state index contributed by atoms with van der Waals surface area (Å²) in [5.74, 6) is 1.49. The first-order valence-electron chi connectivity index (χ1n) is 9.92. The fourth-order valence-electron chi connectivity index (χ4n) is 3.02. The van der Waals surface area contributed by atoms with Crippen molar-refractivity contribution in [3.63, 3.8) is 0 Å². The number of thioether (sulfide) groups is 1. The summed E-state index contributed by atoms with van der Waals surface area (Å²) in [5, 5.41) is 12.2. The standard InChI is InChI=1S/C23H20BrN5O2S/c1-2-31-18-11-9-17(10-12-18)29-22(16-6-5-13-25-14-16)27-28-23(29)32-15-21(30)26-20-8-4-3-7-19(20)24/h3-14H,2,15H2,1H3,(H,26,30). The number of hydrogen-bond donors (Lipinski definition) is 1. The maximum absolute atomic E-state index is 12.5. The van der Waals surface area contributed by atoms with Crippen molar-refractivity contribution in [2.24, 2.45) is 0 Å². The minimum absolute atomic E-state index is 0.133. The molecule has 0 bridgehead atoms. The van der Waals surface area contributed by atoms with E-state index in [1.165, 1.54) is 11.8 Å². The SMILES string of the molecule is CCOc1ccc(-n2c(SCC(=O)Nc3ccccc3Br)nnc2-c2cccnc2)cc1. The van der Waals surface area contributed by atoms with E-state index in [9.17, 15) is 4.79 Å². The number of pyridine rings is 1. The Morgan fingerprint density at radius 2 is 1.91 bits per heavy atom. The second-order valence-corrected chi connectivity index (χ2v) is 8.42. The summed E-state index contributed by atoms with van der Waals surface area (Å²) in [6, 6.07) is 19.0. The molecule has 1 amide bonds. The van der Waals surface area contributed by atoms with Gasteiger partial charge in [-0.05, 0) is 71.4 Å². The summed E-state index contributed by atoms with van der Waals surface area (Å²) in [5.41, 5.74) is 2.42. The highest BCUT2D eigenvalue weighted by Gasteiger charge is 2.18. The van der Waals surface area contributed by atoms with Gasteiger partial charge in [0.2, 0.25) is 5.91 Å². The largest absolute Gasteiger partial charge is 0.494 e. The van der Waals surface area contributed by atoms with Gasteiger partial charge in [-0.2, -0.15) is 0 Å². The molecule has 2 heterocycles. The van der Waals surface area contributed by atoms with Crippen molar-refractivity contribution in [1.29, 1.82) is 0 Å². The molecule has 0 saturated heterocycles. The van der Waals surface area contributed by atoms with Crippen molar-refractivity contribution in [3.05, 3.63) is 77.5 Å². The first-order valence-corrected chi connectivity index (χ1v) is 11.7. The molecule has 0 saturated carbocycles. The van der Waals surface area contributed by atoms with E-state index in [1.54, 1.807) is 12.4 Å². The average Bonchev–Trinajstić information content (AvgIpc) is 3.24. The number of carbonyl (C=O) groups excluding carboxylic acids is 1. The lowest BCUT2D eigenvalue weighted by Gasteiger charge is -2.11. The molecule has 1 N–H and O–H groups in total. The number of ether oxygens (including phenoxy) is 1. The van der Waals surface area contributed by atoms with Crippen LogP contribution in [0.15, 0.2) is 82.7 Å². The van der Waals surface area contributed by atoms with E-state index < -0.39 is 0 Å². The summed E-state index contributed by atoms with van der Waals surface area (Å²) in [6.07, 6.45) is 3.45. The molecule has 0 spiro atoms. The molecule has 4 rings (SSSR count). The van der Waals surface area contributed by atoms with Crippen molar-refractivity contribution in [3.8, 4) is 22.8 Å². The molecule has 7 nitrogen and oxygen atoms in total. The fourth-order valence-corrected chi connectivity index (χ4v) is 4.15. The third-order valence-corrected chi connectivity index (χ3v) is 6.06. The number of aromatic nitrogens is 4. The van der Waals surface area contributed by atoms with E-state index >= 15 is 0 Å². The number of rotatable bonds is 8. The number of nitrogens with zero attached hydrogens (tertiary/aromatic N) is 4. The van der Waals surface area contributed by atoms with Crippen LogP contribution in [0.5, 0.6) is 5.75 Å². The van der Waals surface area contributed by atoms with E-state index in [0.717, 1.165) is 27.2 Å². The molecule has 162 valence electrons. The minimum Gasteiger partial charge on any atom is -0.494 e. The number of nitrogens with one attached hydrogen (secondary N) is 1. The maximum atomic E-state index is 12.5. The molecular formula is C23H20BrN5O2S. The maximum Gasteiger partial charge on any atom is 0.234 e. The summed E-state index contributed by atoms with van der Waals surface area (Å²) in [6.45, 7) is 2.54. The van der Waals surface area contributed by atoms with Crippen LogP contribution in [0.1, 0.15) is 6.92 Å². The van der Waals surface area contributed by atoms with Gasteiger partial charge in [-0.3, -0.25) is 14.3 Å². The van der Waals surface area contributed by atoms with Crippen LogP contribution in [0.4, 0.5) is 5.69 Å².